The molecule has 2 aliphatic heterocycles. The minimum atomic E-state index is 0.0931. The van der Waals surface area contributed by atoms with Crippen molar-refractivity contribution in [2.24, 2.45) is 5.92 Å². The molecule has 5 rings (SSSR count). The van der Waals surface area contributed by atoms with Crippen molar-refractivity contribution in [3.8, 4) is 0 Å². The molecule has 2 aromatic rings. The van der Waals surface area contributed by atoms with Crippen LogP contribution in [-0.4, -0.2) is 65.3 Å². The molecular weight excluding hydrogens is 418 g/mol. The molecule has 2 amide bonds. The quantitative estimate of drug-likeness (QED) is 0.707. The Labute approximate surface area is 195 Å². The zero-order valence-electron chi connectivity index (χ0n) is 18.9. The molecule has 1 saturated carbocycles. The number of thiophene rings is 1. The molecule has 170 valence electrons. The lowest BCUT2D eigenvalue weighted by Crippen LogP contribution is -2.58. The number of hydrogen-bond acceptors (Lipinski definition) is 4. The van der Waals surface area contributed by atoms with E-state index in [1.165, 1.54) is 28.8 Å². The minimum absolute atomic E-state index is 0.0931. The Hall–Kier alpha value is -2.18. The van der Waals surface area contributed by atoms with Crippen LogP contribution < -0.4 is 0 Å². The van der Waals surface area contributed by atoms with Gasteiger partial charge in [-0.25, -0.2) is 0 Å². The standard InChI is InChI=1S/C26H33N3O2S/c1-19-17-27(14-15-29(19)26(31)21-9-5-6-10-21)24(30)18-28-13-11-23-22(12-16-32-23)25(28)20-7-3-2-4-8-20/h2-4,7-8,12,16,19,21,25H,5-6,9-11,13-15,17-18H2,1H3. The first-order valence-corrected chi connectivity index (χ1v) is 12.9. The van der Waals surface area contributed by atoms with E-state index < -0.39 is 0 Å². The van der Waals surface area contributed by atoms with E-state index in [1.807, 2.05) is 27.2 Å². The molecule has 2 atom stereocenters. The Morgan fingerprint density at radius 1 is 1.03 bits per heavy atom. The van der Waals surface area contributed by atoms with Crippen molar-refractivity contribution in [2.45, 2.75) is 51.1 Å². The number of carbonyl (C=O) groups is 2. The Morgan fingerprint density at radius 2 is 1.81 bits per heavy atom. The van der Waals surface area contributed by atoms with Gasteiger partial charge in [-0.1, -0.05) is 43.2 Å². The van der Waals surface area contributed by atoms with Crippen molar-refractivity contribution in [3.05, 3.63) is 57.8 Å². The van der Waals surface area contributed by atoms with E-state index in [1.54, 1.807) is 0 Å². The van der Waals surface area contributed by atoms with Gasteiger partial charge in [0, 0.05) is 43.0 Å². The summed E-state index contributed by atoms with van der Waals surface area (Å²) in [6.07, 6.45) is 5.42. The van der Waals surface area contributed by atoms with E-state index in [4.69, 9.17) is 0 Å². The van der Waals surface area contributed by atoms with Gasteiger partial charge in [-0.15, -0.1) is 11.3 Å². The van der Waals surface area contributed by atoms with Gasteiger partial charge in [0.25, 0.3) is 0 Å². The van der Waals surface area contributed by atoms with Crippen molar-refractivity contribution in [2.75, 3.05) is 32.7 Å². The highest BCUT2D eigenvalue weighted by atomic mass is 32.1. The van der Waals surface area contributed by atoms with E-state index >= 15 is 0 Å². The van der Waals surface area contributed by atoms with Crippen molar-refractivity contribution >= 4 is 23.2 Å². The molecule has 2 unspecified atom stereocenters. The largest absolute Gasteiger partial charge is 0.338 e. The smallest absolute Gasteiger partial charge is 0.236 e. The number of nitrogens with zero attached hydrogens (tertiary/aromatic N) is 3. The first-order valence-electron chi connectivity index (χ1n) is 12.1. The van der Waals surface area contributed by atoms with E-state index in [9.17, 15) is 9.59 Å². The maximum atomic E-state index is 13.4. The van der Waals surface area contributed by atoms with Crippen LogP contribution >= 0.6 is 11.3 Å². The lowest BCUT2D eigenvalue weighted by molar-refractivity contribution is -0.145. The zero-order chi connectivity index (χ0) is 22.1. The Balaban J connectivity index is 1.26. The molecule has 0 N–H and O–H groups in total. The summed E-state index contributed by atoms with van der Waals surface area (Å²) in [6, 6.07) is 13.0. The summed E-state index contributed by atoms with van der Waals surface area (Å²) in [5.74, 6) is 0.705. The summed E-state index contributed by atoms with van der Waals surface area (Å²) in [4.78, 5) is 34.1. The Bertz CT molecular complexity index is 953. The van der Waals surface area contributed by atoms with Gasteiger partial charge in [0.05, 0.1) is 12.6 Å². The average Bonchev–Trinajstić information content (AvgIpc) is 3.51. The molecule has 32 heavy (non-hydrogen) atoms. The maximum Gasteiger partial charge on any atom is 0.236 e. The summed E-state index contributed by atoms with van der Waals surface area (Å²) in [5.41, 5.74) is 2.60. The number of fused-ring (bicyclic) bond motifs is 1. The predicted molar refractivity (Wildman–Crippen MR) is 128 cm³/mol. The first-order chi connectivity index (χ1) is 15.6. The average molecular weight is 452 g/mol. The van der Waals surface area contributed by atoms with E-state index in [2.05, 4.69) is 47.5 Å². The molecule has 1 aromatic carbocycles. The molecule has 0 spiro atoms. The van der Waals surface area contributed by atoms with Gasteiger partial charge >= 0.3 is 0 Å². The fourth-order valence-electron chi connectivity index (χ4n) is 5.76. The van der Waals surface area contributed by atoms with Crippen molar-refractivity contribution in [1.82, 2.24) is 14.7 Å². The van der Waals surface area contributed by atoms with E-state index in [0.717, 1.165) is 25.8 Å². The fraction of sp³-hybridized carbons (Fsp3) is 0.538. The van der Waals surface area contributed by atoms with Gasteiger partial charge in [-0.3, -0.25) is 14.5 Å². The Kier molecular flexibility index (Phi) is 6.33. The second-order valence-corrected chi connectivity index (χ2v) is 10.5. The predicted octanol–water partition coefficient (Wildman–Crippen LogP) is 3.95. The third kappa shape index (κ3) is 4.23. The van der Waals surface area contributed by atoms with Crippen LogP contribution in [0.4, 0.5) is 0 Å². The van der Waals surface area contributed by atoms with Gasteiger partial charge in [-0.2, -0.15) is 0 Å². The van der Waals surface area contributed by atoms with Crippen LogP contribution in [-0.2, 0) is 16.0 Å². The van der Waals surface area contributed by atoms with Crippen molar-refractivity contribution in [1.29, 1.82) is 0 Å². The molecule has 6 heteroatoms. The van der Waals surface area contributed by atoms with E-state index in [0.29, 0.717) is 32.1 Å². The van der Waals surface area contributed by atoms with Gasteiger partial charge in [0.1, 0.15) is 0 Å². The van der Waals surface area contributed by atoms with Crippen LogP contribution in [0.1, 0.15) is 54.7 Å². The molecule has 0 radical (unpaired) electrons. The summed E-state index contributed by atoms with van der Waals surface area (Å²) < 4.78 is 0. The number of piperazine rings is 1. The van der Waals surface area contributed by atoms with Crippen LogP contribution in [0.15, 0.2) is 41.8 Å². The summed E-state index contributed by atoms with van der Waals surface area (Å²) >= 11 is 1.83. The second-order valence-electron chi connectivity index (χ2n) is 9.53. The van der Waals surface area contributed by atoms with Gasteiger partial charge in [0.15, 0.2) is 0 Å². The molecular formula is C26H33N3O2S. The molecule has 3 aliphatic rings. The minimum Gasteiger partial charge on any atom is -0.338 e. The highest BCUT2D eigenvalue weighted by Crippen LogP contribution is 2.37. The molecule has 1 saturated heterocycles. The summed E-state index contributed by atoms with van der Waals surface area (Å²) in [5, 5.41) is 2.17. The molecule has 1 aromatic heterocycles. The van der Waals surface area contributed by atoms with Crippen LogP contribution in [0.2, 0.25) is 0 Å². The summed E-state index contributed by atoms with van der Waals surface area (Å²) in [6.45, 7) is 5.38. The van der Waals surface area contributed by atoms with Crippen molar-refractivity contribution in [3.63, 3.8) is 0 Å². The third-order valence-corrected chi connectivity index (χ3v) is 8.48. The van der Waals surface area contributed by atoms with Crippen LogP contribution in [0.5, 0.6) is 0 Å². The van der Waals surface area contributed by atoms with Crippen molar-refractivity contribution < 1.29 is 9.59 Å². The highest BCUT2D eigenvalue weighted by Gasteiger charge is 2.36. The Morgan fingerprint density at radius 3 is 2.56 bits per heavy atom. The molecule has 2 fully saturated rings. The molecule has 1 aliphatic carbocycles. The number of benzene rings is 1. The van der Waals surface area contributed by atoms with Gasteiger partial charge < -0.3 is 9.80 Å². The lowest BCUT2D eigenvalue weighted by Gasteiger charge is -2.42. The van der Waals surface area contributed by atoms with Gasteiger partial charge in [-0.05, 0) is 48.8 Å². The number of rotatable bonds is 4. The lowest BCUT2D eigenvalue weighted by atomic mass is 9.93. The molecule has 0 bridgehead atoms. The SMILES string of the molecule is CC1CN(C(=O)CN2CCc3sccc3C2c2ccccc2)CCN1C(=O)C1CCCC1. The van der Waals surface area contributed by atoms with Crippen LogP contribution in [0.3, 0.4) is 0 Å². The first kappa shape index (κ1) is 21.7. The number of amides is 2. The zero-order valence-corrected chi connectivity index (χ0v) is 19.7. The normalized spacial score (nSPS) is 24.5. The third-order valence-electron chi connectivity index (χ3n) is 7.49. The number of hydrogen-bond donors (Lipinski definition) is 0. The monoisotopic (exact) mass is 451 g/mol. The maximum absolute atomic E-state index is 13.4. The topological polar surface area (TPSA) is 43.9 Å². The fourth-order valence-corrected chi connectivity index (χ4v) is 6.66. The summed E-state index contributed by atoms with van der Waals surface area (Å²) in [7, 11) is 0. The second kappa shape index (κ2) is 9.36. The van der Waals surface area contributed by atoms with Crippen LogP contribution in [0.25, 0.3) is 0 Å². The molecule has 3 heterocycles. The van der Waals surface area contributed by atoms with Crippen LogP contribution in [0, 0.1) is 5.92 Å². The molecule has 5 nitrogen and oxygen atoms in total. The van der Waals surface area contributed by atoms with E-state index in [-0.39, 0.29) is 23.9 Å². The number of carbonyl (C=O) groups excluding carboxylic acids is 2. The van der Waals surface area contributed by atoms with Gasteiger partial charge in [0.2, 0.25) is 11.8 Å². The highest BCUT2D eigenvalue weighted by molar-refractivity contribution is 7.10.